The first kappa shape index (κ1) is 16.4. The number of morpholine rings is 1. The average molecular weight is 310 g/mol. The number of nitrogens with zero attached hydrogens (tertiary/aromatic N) is 1. The summed E-state index contributed by atoms with van der Waals surface area (Å²) in [5, 5.41) is 9.10. The zero-order chi connectivity index (χ0) is 15.9. The quantitative estimate of drug-likeness (QED) is 0.575. The zero-order valence-corrected chi connectivity index (χ0v) is 12.7. The fraction of sp³-hybridized carbons (Fsp3) is 0.533. The first-order valence-corrected chi connectivity index (χ1v) is 7.25. The van der Waals surface area contributed by atoms with E-state index in [4.69, 9.17) is 25.1 Å². The van der Waals surface area contributed by atoms with Crippen molar-refractivity contribution in [2.24, 2.45) is 0 Å². The summed E-state index contributed by atoms with van der Waals surface area (Å²) in [5.74, 6) is -0.247. The summed E-state index contributed by atoms with van der Waals surface area (Å²) in [6, 6.07) is 2.88. The van der Waals surface area contributed by atoms with E-state index in [2.05, 4.69) is 4.90 Å². The predicted molar refractivity (Wildman–Crippen MR) is 81.7 cm³/mol. The van der Waals surface area contributed by atoms with Crippen molar-refractivity contribution in [2.75, 3.05) is 52.3 Å². The van der Waals surface area contributed by atoms with Crippen LogP contribution in [-0.4, -0.2) is 62.5 Å². The molecule has 3 N–H and O–H groups in total. The summed E-state index contributed by atoms with van der Waals surface area (Å²) in [5.41, 5.74) is 5.86. The van der Waals surface area contributed by atoms with Gasteiger partial charge in [0, 0.05) is 31.8 Å². The van der Waals surface area contributed by atoms with Crippen LogP contribution in [-0.2, 0) is 4.74 Å². The third-order valence-corrected chi connectivity index (χ3v) is 3.55. The van der Waals surface area contributed by atoms with E-state index >= 15 is 0 Å². The number of nitrogen functional groups attached to an aromatic ring is 1. The highest BCUT2D eigenvalue weighted by molar-refractivity contribution is 5.94. The third kappa shape index (κ3) is 4.25. The van der Waals surface area contributed by atoms with Crippen LogP contribution in [0.3, 0.4) is 0 Å². The number of benzene rings is 1. The Balaban J connectivity index is 1.90. The molecule has 0 amide bonds. The molecule has 0 aliphatic carbocycles. The highest BCUT2D eigenvalue weighted by Gasteiger charge is 2.15. The lowest BCUT2D eigenvalue weighted by atomic mass is 10.1. The molecule has 0 atom stereocenters. The monoisotopic (exact) mass is 310 g/mol. The third-order valence-electron chi connectivity index (χ3n) is 3.55. The Morgan fingerprint density at radius 2 is 2.09 bits per heavy atom. The van der Waals surface area contributed by atoms with Crippen LogP contribution in [0.25, 0.3) is 0 Å². The normalized spacial score (nSPS) is 15.5. The van der Waals surface area contributed by atoms with E-state index in [-0.39, 0.29) is 11.3 Å². The Morgan fingerprint density at radius 3 is 2.73 bits per heavy atom. The molecule has 2 rings (SSSR count). The summed E-state index contributed by atoms with van der Waals surface area (Å²) in [6.07, 6.45) is 0.843. The molecule has 1 aromatic rings. The molecule has 1 aromatic carbocycles. The standard InChI is InChI=1S/C15H22N2O5/c1-20-13-10-12(16)11(15(18)19)9-14(13)22-6-2-3-17-4-7-21-8-5-17/h9-10H,2-8,16H2,1H3,(H,18,19). The van der Waals surface area contributed by atoms with Crippen LogP contribution in [0.4, 0.5) is 5.69 Å². The Morgan fingerprint density at radius 1 is 1.36 bits per heavy atom. The van der Waals surface area contributed by atoms with E-state index < -0.39 is 5.97 Å². The summed E-state index contributed by atoms with van der Waals surface area (Å²) in [4.78, 5) is 13.4. The van der Waals surface area contributed by atoms with Crippen LogP contribution < -0.4 is 15.2 Å². The van der Waals surface area contributed by atoms with Crippen LogP contribution in [0, 0.1) is 0 Å². The summed E-state index contributed by atoms with van der Waals surface area (Å²) >= 11 is 0. The number of carboxylic acids is 1. The number of carbonyl (C=O) groups is 1. The highest BCUT2D eigenvalue weighted by atomic mass is 16.5. The second kappa shape index (κ2) is 7.86. The SMILES string of the molecule is COc1cc(N)c(C(=O)O)cc1OCCCN1CCOCC1. The molecule has 1 saturated heterocycles. The second-order valence-electron chi connectivity index (χ2n) is 5.05. The number of carboxylic acid groups (broad SMARTS) is 1. The Labute approximate surface area is 129 Å². The van der Waals surface area contributed by atoms with E-state index in [1.54, 1.807) is 0 Å². The first-order chi connectivity index (χ1) is 10.6. The number of ether oxygens (including phenoxy) is 3. The van der Waals surface area contributed by atoms with Gasteiger partial charge in [-0.05, 0) is 6.42 Å². The molecule has 1 heterocycles. The van der Waals surface area contributed by atoms with Gasteiger partial charge in [-0.1, -0.05) is 0 Å². The molecule has 0 bridgehead atoms. The summed E-state index contributed by atoms with van der Waals surface area (Å²) in [6.45, 7) is 4.83. The summed E-state index contributed by atoms with van der Waals surface area (Å²) in [7, 11) is 1.50. The van der Waals surface area contributed by atoms with Crippen molar-refractivity contribution < 1.29 is 24.1 Å². The topological polar surface area (TPSA) is 94.2 Å². The molecule has 7 nitrogen and oxygen atoms in total. The highest BCUT2D eigenvalue weighted by Crippen LogP contribution is 2.32. The minimum absolute atomic E-state index is 0.0176. The Kier molecular flexibility index (Phi) is 5.85. The number of nitrogens with two attached hydrogens (primary N) is 1. The lowest BCUT2D eigenvalue weighted by Crippen LogP contribution is -2.37. The first-order valence-electron chi connectivity index (χ1n) is 7.25. The Bertz CT molecular complexity index is 515. The van der Waals surface area contributed by atoms with Gasteiger partial charge in [-0.15, -0.1) is 0 Å². The zero-order valence-electron chi connectivity index (χ0n) is 12.7. The minimum atomic E-state index is -1.08. The molecule has 22 heavy (non-hydrogen) atoms. The van der Waals surface area contributed by atoms with Crippen LogP contribution >= 0.6 is 0 Å². The number of hydrogen-bond acceptors (Lipinski definition) is 6. The molecule has 0 radical (unpaired) electrons. The van der Waals surface area contributed by atoms with Crippen LogP contribution in [0.15, 0.2) is 12.1 Å². The maximum atomic E-state index is 11.1. The lowest BCUT2D eigenvalue weighted by Gasteiger charge is -2.26. The molecule has 122 valence electrons. The van der Waals surface area contributed by atoms with Crippen molar-refractivity contribution in [3.8, 4) is 11.5 Å². The van der Waals surface area contributed by atoms with Crippen molar-refractivity contribution in [3.63, 3.8) is 0 Å². The largest absolute Gasteiger partial charge is 0.493 e. The minimum Gasteiger partial charge on any atom is -0.493 e. The van der Waals surface area contributed by atoms with Gasteiger partial charge in [0.1, 0.15) is 0 Å². The van der Waals surface area contributed by atoms with Gasteiger partial charge >= 0.3 is 5.97 Å². The average Bonchev–Trinajstić information content (AvgIpc) is 2.53. The van der Waals surface area contributed by atoms with Gasteiger partial charge in [0.15, 0.2) is 11.5 Å². The molecule has 7 heteroatoms. The van der Waals surface area contributed by atoms with E-state index in [0.29, 0.717) is 18.1 Å². The van der Waals surface area contributed by atoms with Crippen molar-refractivity contribution in [1.29, 1.82) is 0 Å². The number of anilines is 1. The fourth-order valence-electron chi connectivity index (χ4n) is 2.33. The lowest BCUT2D eigenvalue weighted by molar-refractivity contribution is 0.0357. The van der Waals surface area contributed by atoms with Crippen LogP contribution in [0.1, 0.15) is 16.8 Å². The molecule has 1 fully saturated rings. The van der Waals surface area contributed by atoms with Gasteiger partial charge in [-0.2, -0.15) is 0 Å². The molecule has 1 aliphatic rings. The van der Waals surface area contributed by atoms with E-state index in [0.717, 1.165) is 39.3 Å². The Hall–Kier alpha value is -1.99. The number of hydrogen-bond donors (Lipinski definition) is 2. The van der Waals surface area contributed by atoms with Gasteiger partial charge in [0.25, 0.3) is 0 Å². The maximum absolute atomic E-state index is 11.1. The van der Waals surface area contributed by atoms with Gasteiger partial charge in [-0.3, -0.25) is 4.90 Å². The van der Waals surface area contributed by atoms with Gasteiger partial charge in [0.05, 0.1) is 38.2 Å². The van der Waals surface area contributed by atoms with E-state index in [1.165, 1.54) is 19.2 Å². The molecule has 0 aromatic heterocycles. The van der Waals surface area contributed by atoms with Gasteiger partial charge in [-0.25, -0.2) is 4.79 Å². The van der Waals surface area contributed by atoms with Gasteiger partial charge in [0.2, 0.25) is 0 Å². The molecule has 0 spiro atoms. The smallest absolute Gasteiger partial charge is 0.337 e. The predicted octanol–water partition coefficient (Wildman–Crippen LogP) is 1.08. The van der Waals surface area contributed by atoms with Crippen molar-refractivity contribution in [1.82, 2.24) is 4.90 Å². The van der Waals surface area contributed by atoms with Crippen LogP contribution in [0.5, 0.6) is 11.5 Å². The number of aromatic carboxylic acids is 1. The van der Waals surface area contributed by atoms with Crippen LogP contribution in [0.2, 0.25) is 0 Å². The number of rotatable bonds is 7. The second-order valence-corrected chi connectivity index (χ2v) is 5.05. The van der Waals surface area contributed by atoms with E-state index in [1.807, 2.05) is 0 Å². The number of methoxy groups -OCH3 is 1. The fourth-order valence-corrected chi connectivity index (χ4v) is 2.33. The molecule has 0 unspecified atom stereocenters. The van der Waals surface area contributed by atoms with Crippen molar-refractivity contribution in [3.05, 3.63) is 17.7 Å². The molecule has 0 saturated carbocycles. The molecular weight excluding hydrogens is 288 g/mol. The molecule has 1 aliphatic heterocycles. The maximum Gasteiger partial charge on any atom is 0.337 e. The van der Waals surface area contributed by atoms with Crippen molar-refractivity contribution >= 4 is 11.7 Å². The van der Waals surface area contributed by atoms with E-state index in [9.17, 15) is 4.79 Å². The molecular formula is C15H22N2O5. The summed E-state index contributed by atoms with van der Waals surface area (Å²) < 4.78 is 16.1. The van der Waals surface area contributed by atoms with Gasteiger partial charge < -0.3 is 25.1 Å². The van der Waals surface area contributed by atoms with Crippen molar-refractivity contribution in [2.45, 2.75) is 6.42 Å².